The summed E-state index contributed by atoms with van der Waals surface area (Å²) in [5.41, 5.74) is 0.617. The number of aromatic carboxylic acids is 1. The summed E-state index contributed by atoms with van der Waals surface area (Å²) < 4.78 is 16.2. The van der Waals surface area contributed by atoms with Gasteiger partial charge in [0, 0.05) is 7.05 Å². The van der Waals surface area contributed by atoms with Gasteiger partial charge in [0.05, 0.1) is 24.9 Å². The van der Waals surface area contributed by atoms with Gasteiger partial charge in [0.2, 0.25) is 5.91 Å². The number of likely N-dealkylation sites (N-methyl/N-ethyl adjacent to an activating group) is 1. The van der Waals surface area contributed by atoms with E-state index >= 15 is 0 Å². The summed E-state index contributed by atoms with van der Waals surface area (Å²) in [4.78, 5) is 29.3. The van der Waals surface area contributed by atoms with Crippen LogP contribution in [0.4, 0.5) is 0 Å². The molecule has 0 aliphatic carbocycles. The molecule has 0 saturated carbocycles. The Balaban J connectivity index is 1.68. The number of amides is 1. The summed E-state index contributed by atoms with van der Waals surface area (Å²) in [5.74, 6) is 0.819. The monoisotopic (exact) mass is 358 g/mol. The van der Waals surface area contributed by atoms with Crippen molar-refractivity contribution >= 4 is 11.9 Å². The van der Waals surface area contributed by atoms with E-state index in [4.69, 9.17) is 18.4 Å². The van der Waals surface area contributed by atoms with Gasteiger partial charge < -0.3 is 23.3 Å². The number of hydrogen-bond donors (Lipinski definition) is 1. The van der Waals surface area contributed by atoms with Crippen LogP contribution < -0.4 is 0 Å². The number of carboxylic acid groups (broad SMARTS) is 1. The Hall–Kier alpha value is -3.29. The molecule has 0 aliphatic heterocycles. The van der Waals surface area contributed by atoms with Gasteiger partial charge in [-0.1, -0.05) is 0 Å². The Morgan fingerprint density at radius 2 is 2.00 bits per heavy atom. The lowest BCUT2D eigenvalue weighted by Gasteiger charge is -2.15. The summed E-state index contributed by atoms with van der Waals surface area (Å²) >= 11 is 0. The smallest absolute Gasteiger partial charge is 0.339 e. The number of furan rings is 2. The zero-order chi connectivity index (χ0) is 18.8. The second-order valence-electron chi connectivity index (χ2n) is 5.91. The zero-order valence-electron chi connectivity index (χ0n) is 14.6. The van der Waals surface area contributed by atoms with E-state index in [1.807, 2.05) is 0 Å². The molecule has 26 heavy (non-hydrogen) atoms. The van der Waals surface area contributed by atoms with E-state index < -0.39 is 5.97 Å². The average molecular weight is 358 g/mol. The predicted molar refractivity (Wildman–Crippen MR) is 89.5 cm³/mol. The average Bonchev–Trinajstić information content (AvgIpc) is 3.28. The van der Waals surface area contributed by atoms with E-state index in [0.29, 0.717) is 34.6 Å². The van der Waals surface area contributed by atoms with E-state index in [2.05, 4.69) is 4.98 Å². The number of nitrogens with zero attached hydrogens (tertiary/aromatic N) is 2. The largest absolute Gasteiger partial charge is 0.478 e. The first-order valence-corrected chi connectivity index (χ1v) is 7.92. The summed E-state index contributed by atoms with van der Waals surface area (Å²) in [6.07, 6.45) is 1.57. The number of aryl methyl sites for hydroxylation is 2. The maximum atomic E-state index is 12.5. The SMILES string of the molecule is Cc1oc(CN(C)C(=O)Cc2nc(-c3ccco3)oc2C)cc1C(=O)O. The second kappa shape index (κ2) is 6.91. The molecule has 1 N–H and O–H groups in total. The Bertz CT molecular complexity index is 935. The molecule has 3 rings (SSSR count). The molecule has 0 spiro atoms. The Morgan fingerprint density at radius 1 is 1.23 bits per heavy atom. The summed E-state index contributed by atoms with van der Waals surface area (Å²) in [6, 6.07) is 4.88. The van der Waals surface area contributed by atoms with Crippen LogP contribution in [0.15, 0.2) is 37.7 Å². The third kappa shape index (κ3) is 3.53. The van der Waals surface area contributed by atoms with Gasteiger partial charge in [-0.15, -0.1) is 0 Å². The molecule has 136 valence electrons. The van der Waals surface area contributed by atoms with Crippen molar-refractivity contribution in [2.45, 2.75) is 26.8 Å². The van der Waals surface area contributed by atoms with E-state index in [0.717, 1.165) is 0 Å². The molecule has 8 heteroatoms. The second-order valence-corrected chi connectivity index (χ2v) is 5.91. The van der Waals surface area contributed by atoms with Crippen LogP contribution in [-0.2, 0) is 17.8 Å². The van der Waals surface area contributed by atoms with Crippen molar-refractivity contribution in [2.24, 2.45) is 0 Å². The predicted octanol–water partition coefficient (Wildman–Crippen LogP) is 3.04. The maximum absolute atomic E-state index is 12.5. The standard InChI is InChI=1S/C18H18N2O6/c1-10-13(18(22)23)7-12(25-10)9-20(3)16(21)8-14-11(2)26-17(19-14)15-5-4-6-24-15/h4-7H,8-9H2,1-3H3,(H,22,23). The molecular weight excluding hydrogens is 340 g/mol. The van der Waals surface area contributed by atoms with Crippen LogP contribution in [0, 0.1) is 13.8 Å². The number of oxazole rings is 1. The van der Waals surface area contributed by atoms with Crippen molar-refractivity contribution in [2.75, 3.05) is 7.05 Å². The van der Waals surface area contributed by atoms with E-state index in [-0.39, 0.29) is 24.4 Å². The third-order valence-corrected chi connectivity index (χ3v) is 3.96. The lowest BCUT2D eigenvalue weighted by Crippen LogP contribution is -2.27. The van der Waals surface area contributed by atoms with Gasteiger partial charge in [-0.2, -0.15) is 0 Å². The first-order valence-electron chi connectivity index (χ1n) is 7.92. The number of carboxylic acids is 1. The van der Waals surface area contributed by atoms with Crippen LogP contribution in [0.25, 0.3) is 11.7 Å². The van der Waals surface area contributed by atoms with Crippen LogP contribution in [-0.4, -0.2) is 33.9 Å². The van der Waals surface area contributed by atoms with Crippen LogP contribution in [0.3, 0.4) is 0 Å². The van der Waals surface area contributed by atoms with Gasteiger partial charge in [0.1, 0.15) is 22.8 Å². The number of carbonyl (C=O) groups excluding carboxylic acids is 1. The quantitative estimate of drug-likeness (QED) is 0.721. The van der Waals surface area contributed by atoms with E-state index in [1.165, 1.54) is 17.2 Å². The minimum atomic E-state index is -1.06. The fourth-order valence-electron chi connectivity index (χ4n) is 2.53. The van der Waals surface area contributed by atoms with Crippen LogP contribution in [0.1, 0.15) is 33.3 Å². The van der Waals surface area contributed by atoms with Gasteiger partial charge in [-0.05, 0) is 32.0 Å². The van der Waals surface area contributed by atoms with Crippen molar-refractivity contribution in [3.63, 3.8) is 0 Å². The maximum Gasteiger partial charge on any atom is 0.339 e. The van der Waals surface area contributed by atoms with Crippen LogP contribution >= 0.6 is 0 Å². The molecule has 3 heterocycles. The number of rotatable bonds is 6. The summed E-state index contributed by atoms with van der Waals surface area (Å²) in [7, 11) is 1.61. The Morgan fingerprint density at radius 3 is 2.62 bits per heavy atom. The van der Waals surface area contributed by atoms with E-state index in [1.54, 1.807) is 33.0 Å². The molecule has 8 nitrogen and oxygen atoms in total. The lowest BCUT2D eigenvalue weighted by atomic mass is 10.2. The number of carbonyl (C=O) groups is 2. The summed E-state index contributed by atoms with van der Waals surface area (Å²) in [6.45, 7) is 3.47. The highest BCUT2D eigenvalue weighted by Gasteiger charge is 2.20. The Labute approximate surface area is 149 Å². The first-order chi connectivity index (χ1) is 12.3. The van der Waals surface area contributed by atoms with Gasteiger partial charge in [-0.25, -0.2) is 9.78 Å². The lowest BCUT2D eigenvalue weighted by molar-refractivity contribution is -0.130. The van der Waals surface area contributed by atoms with E-state index in [9.17, 15) is 9.59 Å². The summed E-state index contributed by atoms with van der Waals surface area (Å²) in [5, 5.41) is 9.06. The highest BCUT2D eigenvalue weighted by atomic mass is 16.4. The molecule has 0 aromatic carbocycles. The molecule has 0 saturated heterocycles. The molecule has 1 amide bonds. The molecule has 3 aromatic rings. The topological polar surface area (TPSA) is 110 Å². The minimum Gasteiger partial charge on any atom is -0.478 e. The molecular formula is C18H18N2O6. The van der Waals surface area contributed by atoms with Crippen molar-refractivity contribution in [3.05, 3.63) is 53.0 Å². The number of hydrogen-bond acceptors (Lipinski definition) is 6. The molecule has 0 atom stereocenters. The van der Waals surface area contributed by atoms with Gasteiger partial charge in [0.15, 0.2) is 5.76 Å². The zero-order valence-corrected chi connectivity index (χ0v) is 14.6. The van der Waals surface area contributed by atoms with Crippen molar-refractivity contribution in [1.29, 1.82) is 0 Å². The molecule has 0 fully saturated rings. The van der Waals surface area contributed by atoms with Gasteiger partial charge in [0.25, 0.3) is 5.89 Å². The molecule has 0 radical (unpaired) electrons. The number of aromatic nitrogens is 1. The highest BCUT2D eigenvalue weighted by Crippen LogP contribution is 2.23. The first kappa shape index (κ1) is 17.5. The molecule has 0 bridgehead atoms. The highest BCUT2D eigenvalue weighted by molar-refractivity contribution is 5.88. The van der Waals surface area contributed by atoms with Gasteiger partial charge in [-0.3, -0.25) is 4.79 Å². The van der Waals surface area contributed by atoms with Crippen molar-refractivity contribution < 1.29 is 27.9 Å². The van der Waals surface area contributed by atoms with Crippen molar-refractivity contribution in [3.8, 4) is 11.7 Å². The molecule has 0 unspecified atom stereocenters. The normalized spacial score (nSPS) is 10.9. The fraction of sp³-hybridized carbons (Fsp3) is 0.278. The van der Waals surface area contributed by atoms with Gasteiger partial charge >= 0.3 is 5.97 Å². The fourth-order valence-corrected chi connectivity index (χ4v) is 2.53. The third-order valence-electron chi connectivity index (χ3n) is 3.96. The molecule has 0 aliphatic rings. The molecule has 3 aromatic heterocycles. The minimum absolute atomic E-state index is 0.0536. The van der Waals surface area contributed by atoms with Crippen LogP contribution in [0.5, 0.6) is 0 Å². The Kier molecular flexibility index (Phi) is 4.66. The van der Waals surface area contributed by atoms with Crippen LogP contribution in [0.2, 0.25) is 0 Å². The van der Waals surface area contributed by atoms with Crippen molar-refractivity contribution in [1.82, 2.24) is 9.88 Å².